The lowest BCUT2D eigenvalue weighted by Gasteiger charge is -2.19. The molecule has 0 spiro atoms. The minimum Gasteiger partial charge on any atom is -0.355 e. The van der Waals surface area contributed by atoms with E-state index in [4.69, 9.17) is 23.2 Å². The van der Waals surface area contributed by atoms with Crippen LogP contribution in [0, 0.1) is 0 Å². The maximum absolute atomic E-state index is 6.25. The van der Waals surface area contributed by atoms with Gasteiger partial charge in [0.25, 0.3) is 0 Å². The second-order valence-corrected chi connectivity index (χ2v) is 6.17. The Balaban J connectivity index is 1.90. The smallest absolute Gasteiger partial charge is 0.191 e. The molecule has 2 aromatic rings. The Hall–Kier alpha value is -1.79. The highest BCUT2D eigenvalue weighted by Gasteiger charge is 2.11. The van der Waals surface area contributed by atoms with Crippen molar-refractivity contribution in [1.82, 2.24) is 25.4 Å². The third-order valence-corrected chi connectivity index (χ3v) is 4.23. The molecule has 1 aromatic carbocycles. The molecule has 2 rings (SSSR count). The van der Waals surface area contributed by atoms with Crippen LogP contribution in [0.3, 0.4) is 0 Å². The molecule has 1 heterocycles. The molecule has 0 fully saturated rings. The van der Waals surface area contributed by atoms with E-state index in [-0.39, 0.29) is 6.04 Å². The van der Waals surface area contributed by atoms with Crippen molar-refractivity contribution in [2.45, 2.75) is 32.9 Å². The van der Waals surface area contributed by atoms with Gasteiger partial charge in [0.05, 0.1) is 6.04 Å². The molecule has 24 heavy (non-hydrogen) atoms. The number of aromatic nitrogens is 3. The van der Waals surface area contributed by atoms with Crippen LogP contribution in [0.4, 0.5) is 0 Å². The lowest BCUT2D eigenvalue weighted by Crippen LogP contribution is -2.40. The van der Waals surface area contributed by atoms with Gasteiger partial charge in [-0.25, -0.2) is 0 Å². The highest BCUT2D eigenvalue weighted by atomic mass is 35.5. The maximum Gasteiger partial charge on any atom is 0.191 e. The number of rotatable bonds is 6. The van der Waals surface area contributed by atoms with Crippen LogP contribution in [0.1, 0.15) is 31.3 Å². The van der Waals surface area contributed by atoms with Gasteiger partial charge in [-0.3, -0.25) is 4.99 Å². The first kappa shape index (κ1) is 18.5. The van der Waals surface area contributed by atoms with E-state index in [1.807, 2.05) is 23.6 Å². The van der Waals surface area contributed by atoms with Crippen LogP contribution in [0.25, 0.3) is 0 Å². The van der Waals surface area contributed by atoms with E-state index in [9.17, 15) is 0 Å². The average molecular weight is 369 g/mol. The molecule has 1 unspecified atom stereocenters. The molecule has 0 radical (unpaired) electrons. The molecule has 0 saturated carbocycles. The summed E-state index contributed by atoms with van der Waals surface area (Å²) in [6.07, 6.45) is 2.60. The molecule has 0 aliphatic heterocycles. The number of guanidine groups is 1. The predicted molar refractivity (Wildman–Crippen MR) is 98.8 cm³/mol. The van der Waals surface area contributed by atoms with E-state index < -0.39 is 0 Å². The molecular formula is C16H22Cl2N6. The van der Waals surface area contributed by atoms with Gasteiger partial charge in [-0.1, -0.05) is 36.2 Å². The summed E-state index contributed by atoms with van der Waals surface area (Å²) >= 11 is 12.2. The Morgan fingerprint density at radius 2 is 2.17 bits per heavy atom. The van der Waals surface area contributed by atoms with E-state index in [0.717, 1.165) is 24.4 Å². The summed E-state index contributed by atoms with van der Waals surface area (Å²) in [5.74, 6) is 1.68. The Kier molecular flexibility index (Phi) is 6.87. The Bertz CT molecular complexity index is 698. The highest BCUT2D eigenvalue weighted by Crippen LogP contribution is 2.25. The van der Waals surface area contributed by atoms with Crippen molar-refractivity contribution in [3.05, 3.63) is 46.0 Å². The molecule has 6 nitrogen and oxygen atoms in total. The molecule has 0 aliphatic rings. The van der Waals surface area contributed by atoms with E-state index in [1.165, 1.54) is 0 Å². The number of aliphatic imine (C=N–C) groups is 1. The first-order valence-corrected chi connectivity index (χ1v) is 8.59. The second kappa shape index (κ2) is 8.89. The van der Waals surface area contributed by atoms with Gasteiger partial charge in [0.1, 0.15) is 12.2 Å². The normalized spacial score (nSPS) is 13.0. The zero-order valence-corrected chi connectivity index (χ0v) is 15.6. The third kappa shape index (κ3) is 4.85. The van der Waals surface area contributed by atoms with Crippen molar-refractivity contribution in [2.24, 2.45) is 4.99 Å². The van der Waals surface area contributed by atoms with Gasteiger partial charge in [0.2, 0.25) is 0 Å². The summed E-state index contributed by atoms with van der Waals surface area (Å²) in [6, 6.07) is 5.49. The number of hydrogen-bond donors (Lipinski definition) is 2. The standard InChI is InChI=1S/C16H22Cl2N6/c1-4-15-23-21-10-24(15)8-7-20-16(19-3)22-11(2)13-6-5-12(17)9-14(13)18/h5-6,9-11H,4,7-8H2,1-3H3,(H2,19,20,22). The molecule has 2 N–H and O–H groups in total. The Morgan fingerprint density at radius 3 is 2.83 bits per heavy atom. The highest BCUT2D eigenvalue weighted by molar-refractivity contribution is 6.35. The summed E-state index contributed by atoms with van der Waals surface area (Å²) in [5.41, 5.74) is 0.969. The monoisotopic (exact) mass is 368 g/mol. The summed E-state index contributed by atoms with van der Waals surface area (Å²) in [7, 11) is 1.74. The van der Waals surface area contributed by atoms with Crippen molar-refractivity contribution in [1.29, 1.82) is 0 Å². The number of nitrogens with one attached hydrogen (secondary N) is 2. The largest absolute Gasteiger partial charge is 0.355 e. The minimum absolute atomic E-state index is 0.00193. The SMILES string of the molecule is CCc1nncn1CCNC(=NC)NC(C)c1ccc(Cl)cc1Cl. The fourth-order valence-electron chi connectivity index (χ4n) is 2.36. The molecule has 130 valence electrons. The van der Waals surface area contributed by atoms with Gasteiger partial charge in [-0.2, -0.15) is 0 Å². The van der Waals surface area contributed by atoms with Gasteiger partial charge in [-0.15, -0.1) is 10.2 Å². The van der Waals surface area contributed by atoms with Gasteiger partial charge < -0.3 is 15.2 Å². The van der Waals surface area contributed by atoms with Crippen LogP contribution in [0.15, 0.2) is 29.5 Å². The third-order valence-electron chi connectivity index (χ3n) is 3.66. The zero-order chi connectivity index (χ0) is 17.5. The molecule has 0 amide bonds. The van der Waals surface area contributed by atoms with Gasteiger partial charge in [-0.05, 0) is 24.6 Å². The predicted octanol–water partition coefficient (Wildman–Crippen LogP) is 3.07. The topological polar surface area (TPSA) is 67.1 Å². The summed E-state index contributed by atoms with van der Waals surface area (Å²) < 4.78 is 2.03. The van der Waals surface area contributed by atoms with Gasteiger partial charge in [0.15, 0.2) is 5.96 Å². The van der Waals surface area contributed by atoms with E-state index in [2.05, 4.69) is 32.7 Å². The van der Waals surface area contributed by atoms with Gasteiger partial charge >= 0.3 is 0 Å². The van der Waals surface area contributed by atoms with Crippen LogP contribution < -0.4 is 10.6 Å². The second-order valence-electron chi connectivity index (χ2n) is 5.32. The van der Waals surface area contributed by atoms with E-state index in [0.29, 0.717) is 22.5 Å². The van der Waals surface area contributed by atoms with E-state index in [1.54, 1.807) is 19.4 Å². The van der Waals surface area contributed by atoms with Crippen molar-refractivity contribution in [3.8, 4) is 0 Å². The minimum atomic E-state index is 0.00193. The molecule has 1 aromatic heterocycles. The van der Waals surface area contributed by atoms with Crippen LogP contribution in [0.5, 0.6) is 0 Å². The van der Waals surface area contributed by atoms with Crippen molar-refractivity contribution < 1.29 is 0 Å². The lowest BCUT2D eigenvalue weighted by atomic mass is 10.1. The van der Waals surface area contributed by atoms with Crippen LogP contribution in [0.2, 0.25) is 10.0 Å². The summed E-state index contributed by atoms with van der Waals surface area (Å²) in [4.78, 5) is 4.25. The number of hydrogen-bond acceptors (Lipinski definition) is 3. The van der Waals surface area contributed by atoms with Crippen molar-refractivity contribution in [2.75, 3.05) is 13.6 Å². The Morgan fingerprint density at radius 1 is 1.38 bits per heavy atom. The summed E-state index contributed by atoms with van der Waals surface area (Å²) in [6.45, 7) is 5.57. The van der Waals surface area contributed by atoms with Gasteiger partial charge in [0, 0.05) is 36.6 Å². The number of benzene rings is 1. The number of nitrogens with zero attached hydrogens (tertiary/aromatic N) is 4. The molecular weight excluding hydrogens is 347 g/mol. The fraction of sp³-hybridized carbons (Fsp3) is 0.438. The number of halogens is 2. The number of aryl methyl sites for hydroxylation is 1. The van der Waals surface area contributed by atoms with Crippen LogP contribution in [-0.2, 0) is 13.0 Å². The van der Waals surface area contributed by atoms with Crippen molar-refractivity contribution in [3.63, 3.8) is 0 Å². The van der Waals surface area contributed by atoms with Crippen LogP contribution >= 0.6 is 23.2 Å². The molecule has 8 heteroatoms. The quantitative estimate of drug-likeness (QED) is 0.607. The average Bonchev–Trinajstić information content (AvgIpc) is 3.01. The molecule has 0 aliphatic carbocycles. The maximum atomic E-state index is 6.25. The zero-order valence-electron chi connectivity index (χ0n) is 14.1. The summed E-state index contributed by atoms with van der Waals surface area (Å²) in [5, 5.41) is 15.9. The fourth-order valence-corrected chi connectivity index (χ4v) is 2.94. The first-order valence-electron chi connectivity index (χ1n) is 7.84. The molecule has 0 bridgehead atoms. The van der Waals surface area contributed by atoms with Crippen LogP contribution in [-0.4, -0.2) is 34.3 Å². The Labute approximate surface area is 152 Å². The molecule has 0 saturated heterocycles. The first-order chi connectivity index (χ1) is 11.5. The van der Waals surface area contributed by atoms with Crippen molar-refractivity contribution >= 4 is 29.2 Å². The molecule has 1 atom stereocenters. The van der Waals surface area contributed by atoms with E-state index >= 15 is 0 Å². The lowest BCUT2D eigenvalue weighted by molar-refractivity contribution is 0.620.